The van der Waals surface area contributed by atoms with Gasteiger partial charge >= 0.3 is 6.18 Å². The van der Waals surface area contributed by atoms with Gasteiger partial charge in [0.2, 0.25) is 5.95 Å². The zero-order chi connectivity index (χ0) is 27.6. The lowest BCUT2D eigenvalue weighted by Crippen LogP contribution is -2.45. The minimum Gasteiger partial charge on any atom is -0.393 e. The average Bonchev–Trinajstić information content (AvgIpc) is 3.28. The minimum absolute atomic E-state index is 0.168. The minimum atomic E-state index is -4.26. The van der Waals surface area contributed by atoms with Crippen molar-refractivity contribution in [2.24, 2.45) is 0 Å². The molecular weight excluding hydrogens is 505 g/mol. The second kappa shape index (κ2) is 11.8. The van der Waals surface area contributed by atoms with Crippen LogP contribution < -0.4 is 5.32 Å². The van der Waals surface area contributed by atoms with Crippen molar-refractivity contribution >= 4 is 17.0 Å². The number of alkyl halides is 3. The van der Waals surface area contributed by atoms with Crippen molar-refractivity contribution in [3.05, 3.63) is 42.2 Å². The maximum Gasteiger partial charge on any atom is 0.391 e. The largest absolute Gasteiger partial charge is 0.393 e. The van der Waals surface area contributed by atoms with Crippen LogP contribution in [0.3, 0.4) is 0 Å². The number of hydrogen-bond acceptors (Lipinski definition) is 6. The van der Waals surface area contributed by atoms with Gasteiger partial charge in [0.05, 0.1) is 12.5 Å². The molecule has 0 radical (unpaired) electrons. The highest BCUT2D eigenvalue weighted by atomic mass is 19.4. The number of rotatable bonds is 8. The van der Waals surface area contributed by atoms with E-state index in [1.807, 2.05) is 0 Å². The van der Waals surface area contributed by atoms with E-state index >= 15 is 0 Å². The van der Waals surface area contributed by atoms with Gasteiger partial charge < -0.3 is 19.9 Å². The van der Waals surface area contributed by atoms with Crippen molar-refractivity contribution in [2.45, 2.75) is 76.9 Å². The van der Waals surface area contributed by atoms with Crippen LogP contribution in [-0.4, -0.2) is 80.5 Å². The molecule has 1 saturated carbocycles. The van der Waals surface area contributed by atoms with Gasteiger partial charge in [-0.1, -0.05) is 31.2 Å². The molecule has 0 unspecified atom stereocenters. The Bertz CT molecular complexity index is 1230. The lowest BCUT2D eigenvalue weighted by Gasteiger charge is -2.34. The number of likely N-dealkylation sites (N-methyl/N-ethyl adjacent to an activating group) is 1. The number of aliphatic hydroxyl groups excluding tert-OH is 1. The molecule has 0 amide bonds. The third-order valence-corrected chi connectivity index (χ3v) is 8.13. The summed E-state index contributed by atoms with van der Waals surface area (Å²) in [6.45, 7) is 10.1. The first kappa shape index (κ1) is 27.9. The number of anilines is 1. The quantitative estimate of drug-likeness (QED) is 0.392. The van der Waals surface area contributed by atoms with E-state index < -0.39 is 18.6 Å². The molecule has 1 aliphatic heterocycles. The molecule has 212 valence electrons. The van der Waals surface area contributed by atoms with Crippen molar-refractivity contribution in [1.82, 2.24) is 24.3 Å². The summed E-state index contributed by atoms with van der Waals surface area (Å²) in [7, 11) is 0. The maximum atomic E-state index is 12.9. The van der Waals surface area contributed by atoms with Crippen LogP contribution in [-0.2, 0) is 6.54 Å². The molecule has 7 nitrogen and oxygen atoms in total. The van der Waals surface area contributed by atoms with Gasteiger partial charge in [-0.3, -0.25) is 4.90 Å². The van der Waals surface area contributed by atoms with Crippen LogP contribution in [0.25, 0.3) is 22.2 Å². The Morgan fingerprint density at radius 1 is 1.03 bits per heavy atom. The van der Waals surface area contributed by atoms with Gasteiger partial charge in [-0.05, 0) is 50.3 Å². The van der Waals surface area contributed by atoms with E-state index in [9.17, 15) is 18.3 Å². The lowest BCUT2D eigenvalue weighted by atomic mass is 9.93. The van der Waals surface area contributed by atoms with Gasteiger partial charge in [0, 0.05) is 68.2 Å². The topological polar surface area (TPSA) is 69.5 Å². The average molecular weight is 545 g/mol. The molecule has 2 aliphatic rings. The fourth-order valence-electron chi connectivity index (χ4n) is 5.87. The molecule has 1 aromatic carbocycles. The van der Waals surface area contributed by atoms with Gasteiger partial charge in [0.25, 0.3) is 0 Å². The number of aromatic nitrogens is 3. The molecule has 3 aromatic rings. The molecule has 2 aromatic heterocycles. The number of benzene rings is 1. The fourth-order valence-corrected chi connectivity index (χ4v) is 5.87. The summed E-state index contributed by atoms with van der Waals surface area (Å²) >= 11 is 0. The summed E-state index contributed by atoms with van der Waals surface area (Å²) in [4.78, 5) is 14.0. The Kier molecular flexibility index (Phi) is 8.44. The number of nitrogens with zero attached hydrogens (tertiary/aromatic N) is 5. The molecule has 2 N–H and O–H groups in total. The Hall–Kier alpha value is -2.69. The van der Waals surface area contributed by atoms with Crippen molar-refractivity contribution in [3.8, 4) is 11.1 Å². The SMILES string of the molecule is CCN1CCN(Cc2ccc(-c3cn(C4CCC(O)CC4)c4nc(N[C@H](C)CC(F)(F)F)ncc34)cc2)CC1. The third kappa shape index (κ3) is 6.91. The first-order chi connectivity index (χ1) is 18.7. The Morgan fingerprint density at radius 3 is 2.33 bits per heavy atom. The van der Waals surface area contributed by atoms with Crippen LogP contribution in [0.15, 0.2) is 36.7 Å². The molecule has 1 aliphatic carbocycles. The van der Waals surface area contributed by atoms with E-state index in [0.29, 0.717) is 5.65 Å². The van der Waals surface area contributed by atoms with Gasteiger partial charge in [0.1, 0.15) is 5.65 Å². The number of aliphatic hydroxyl groups is 1. The third-order valence-electron chi connectivity index (χ3n) is 8.13. The summed E-state index contributed by atoms with van der Waals surface area (Å²) in [6.07, 6.45) is 1.41. The molecule has 2 fully saturated rings. The van der Waals surface area contributed by atoms with Crippen molar-refractivity contribution in [2.75, 3.05) is 38.0 Å². The maximum absolute atomic E-state index is 12.9. The van der Waals surface area contributed by atoms with Crippen LogP contribution in [0.2, 0.25) is 0 Å². The standard InChI is InChI=1S/C29H39F3N6O/c1-3-36-12-14-37(15-13-36)18-21-4-6-22(7-5-21)26-19-38(23-8-10-24(39)11-9-23)27-25(26)17-33-28(35-27)34-20(2)16-29(30,31)32/h4-7,17,19-20,23-24,39H,3,8-16,18H2,1-2H3,(H,33,34,35)/t20-,23?,24?/m1/s1. The molecule has 10 heteroatoms. The summed E-state index contributed by atoms with van der Waals surface area (Å²) in [6, 6.07) is 7.96. The van der Waals surface area contributed by atoms with Crippen LogP contribution in [0.5, 0.6) is 0 Å². The second-order valence-electron chi connectivity index (χ2n) is 11.1. The molecule has 0 spiro atoms. The van der Waals surface area contributed by atoms with E-state index in [4.69, 9.17) is 4.98 Å². The molecule has 1 saturated heterocycles. The molecule has 0 bridgehead atoms. The molecule has 3 heterocycles. The Balaban J connectivity index is 1.40. The highest BCUT2D eigenvalue weighted by Crippen LogP contribution is 2.37. The van der Waals surface area contributed by atoms with Crippen molar-refractivity contribution in [3.63, 3.8) is 0 Å². The monoisotopic (exact) mass is 544 g/mol. The lowest BCUT2D eigenvalue weighted by molar-refractivity contribution is -0.136. The number of fused-ring (bicyclic) bond motifs is 1. The molecular formula is C29H39F3N6O. The predicted octanol–water partition coefficient (Wildman–Crippen LogP) is 5.46. The van der Waals surface area contributed by atoms with E-state index in [2.05, 4.69) is 62.1 Å². The number of nitrogens with one attached hydrogen (secondary N) is 1. The van der Waals surface area contributed by atoms with Crippen molar-refractivity contribution in [1.29, 1.82) is 0 Å². The first-order valence-electron chi connectivity index (χ1n) is 14.1. The summed E-state index contributed by atoms with van der Waals surface area (Å²) < 4.78 is 40.8. The van der Waals surface area contributed by atoms with Crippen LogP contribution >= 0.6 is 0 Å². The first-order valence-corrected chi connectivity index (χ1v) is 14.1. The number of hydrogen-bond donors (Lipinski definition) is 2. The zero-order valence-electron chi connectivity index (χ0n) is 22.8. The second-order valence-corrected chi connectivity index (χ2v) is 11.1. The van der Waals surface area contributed by atoms with Crippen LogP contribution in [0.4, 0.5) is 19.1 Å². The van der Waals surface area contributed by atoms with Crippen molar-refractivity contribution < 1.29 is 18.3 Å². The van der Waals surface area contributed by atoms with Gasteiger partial charge in [-0.2, -0.15) is 18.2 Å². The number of piperazine rings is 1. The Labute approximate surface area is 228 Å². The number of halogens is 3. The predicted molar refractivity (Wildman–Crippen MR) is 148 cm³/mol. The molecule has 39 heavy (non-hydrogen) atoms. The summed E-state index contributed by atoms with van der Waals surface area (Å²) in [5.74, 6) is 0.194. The van der Waals surface area contributed by atoms with E-state index in [1.54, 1.807) is 6.20 Å². The van der Waals surface area contributed by atoms with Crippen LogP contribution in [0.1, 0.15) is 57.6 Å². The zero-order valence-corrected chi connectivity index (χ0v) is 22.8. The van der Waals surface area contributed by atoms with Gasteiger partial charge in [0.15, 0.2) is 0 Å². The Morgan fingerprint density at radius 2 is 1.69 bits per heavy atom. The smallest absolute Gasteiger partial charge is 0.391 e. The van der Waals surface area contributed by atoms with Gasteiger partial charge in [-0.25, -0.2) is 4.98 Å². The van der Waals surface area contributed by atoms with E-state index in [-0.39, 0.29) is 18.1 Å². The normalized spacial score (nSPS) is 22.3. The summed E-state index contributed by atoms with van der Waals surface area (Å²) in [5, 5.41) is 13.7. The molecule has 1 atom stereocenters. The van der Waals surface area contributed by atoms with Crippen LogP contribution in [0, 0.1) is 0 Å². The fraction of sp³-hybridized carbons (Fsp3) is 0.586. The summed E-state index contributed by atoms with van der Waals surface area (Å²) in [5.41, 5.74) is 4.05. The highest BCUT2D eigenvalue weighted by Gasteiger charge is 2.30. The molecule has 5 rings (SSSR count). The highest BCUT2D eigenvalue weighted by molar-refractivity contribution is 5.94. The van der Waals surface area contributed by atoms with Gasteiger partial charge in [-0.15, -0.1) is 0 Å². The van der Waals surface area contributed by atoms with E-state index in [1.165, 1.54) is 12.5 Å². The van der Waals surface area contributed by atoms with E-state index in [0.717, 1.165) is 81.5 Å².